The molecule has 1 aliphatic heterocycles. The molecule has 3 nitrogen and oxygen atoms in total. The Balaban J connectivity index is 1.90. The van der Waals surface area contributed by atoms with Gasteiger partial charge in [-0.25, -0.2) is 0 Å². The van der Waals surface area contributed by atoms with Crippen molar-refractivity contribution in [2.24, 2.45) is 0 Å². The van der Waals surface area contributed by atoms with Crippen LogP contribution in [0.5, 0.6) is 5.75 Å². The number of likely N-dealkylation sites (N-methyl/N-ethyl adjacent to an activating group) is 1. The van der Waals surface area contributed by atoms with Crippen molar-refractivity contribution in [1.82, 2.24) is 5.32 Å². The molecule has 0 saturated carbocycles. The summed E-state index contributed by atoms with van der Waals surface area (Å²) in [4.78, 5) is 2.36. The molecule has 1 fully saturated rings. The lowest BCUT2D eigenvalue weighted by molar-refractivity contribution is 0.344. The summed E-state index contributed by atoms with van der Waals surface area (Å²) in [5.41, 5.74) is 2.51. The summed E-state index contributed by atoms with van der Waals surface area (Å²) in [6.07, 6.45) is 2.38. The van der Waals surface area contributed by atoms with Crippen LogP contribution in [-0.4, -0.2) is 26.7 Å². The summed E-state index contributed by atoms with van der Waals surface area (Å²) in [6, 6.07) is 19.8. The molecule has 1 N–H and O–H groups in total. The topological polar surface area (TPSA) is 24.5 Å². The van der Waals surface area contributed by atoms with E-state index in [4.69, 9.17) is 4.74 Å². The molecule has 22 heavy (non-hydrogen) atoms. The van der Waals surface area contributed by atoms with Crippen LogP contribution in [0, 0.1) is 0 Å². The van der Waals surface area contributed by atoms with Gasteiger partial charge in [-0.3, -0.25) is 0 Å². The number of nitrogens with zero attached hydrogens (tertiary/aromatic N) is 1. The number of ether oxygens (including phenoxy) is 1. The third kappa shape index (κ3) is 2.95. The van der Waals surface area contributed by atoms with Gasteiger partial charge in [0, 0.05) is 13.1 Å². The van der Waals surface area contributed by atoms with E-state index < -0.39 is 0 Å². The van der Waals surface area contributed by atoms with Crippen molar-refractivity contribution in [3.05, 3.63) is 60.2 Å². The Morgan fingerprint density at radius 3 is 2.55 bits per heavy atom. The van der Waals surface area contributed by atoms with E-state index in [1.54, 1.807) is 7.11 Å². The fraction of sp³-hybridized carbons (Fsp3) is 0.368. The Bertz CT molecular complexity index is 599. The van der Waals surface area contributed by atoms with E-state index in [2.05, 4.69) is 59.7 Å². The molecule has 0 aromatic heterocycles. The molecule has 0 spiro atoms. The van der Waals surface area contributed by atoms with Gasteiger partial charge < -0.3 is 15.0 Å². The molecule has 3 rings (SSSR count). The molecule has 0 radical (unpaired) electrons. The molecular weight excluding hydrogens is 272 g/mol. The molecule has 0 amide bonds. The second kappa shape index (κ2) is 6.84. The zero-order valence-electron chi connectivity index (χ0n) is 13.3. The molecule has 0 bridgehead atoms. The van der Waals surface area contributed by atoms with Crippen LogP contribution in [0.25, 0.3) is 0 Å². The van der Waals surface area contributed by atoms with Crippen molar-refractivity contribution in [3.63, 3.8) is 0 Å². The quantitative estimate of drug-likeness (QED) is 0.932. The molecule has 0 aliphatic carbocycles. The maximum absolute atomic E-state index is 5.54. The third-order valence-corrected chi connectivity index (χ3v) is 4.55. The lowest BCUT2D eigenvalue weighted by Gasteiger charge is -2.40. The van der Waals surface area contributed by atoms with Crippen molar-refractivity contribution in [3.8, 4) is 5.75 Å². The van der Waals surface area contributed by atoms with E-state index in [9.17, 15) is 0 Å². The molecule has 2 aromatic rings. The summed E-state index contributed by atoms with van der Waals surface area (Å²) in [5, 5.41) is 3.69. The molecule has 3 heteroatoms. The smallest absolute Gasteiger partial charge is 0.142 e. The lowest BCUT2D eigenvalue weighted by atomic mass is 9.91. The highest BCUT2D eigenvalue weighted by molar-refractivity contribution is 5.59. The van der Waals surface area contributed by atoms with Crippen LogP contribution in [-0.2, 0) is 0 Å². The van der Waals surface area contributed by atoms with Gasteiger partial charge in [-0.1, -0.05) is 42.5 Å². The Labute approximate surface area is 132 Å². The van der Waals surface area contributed by atoms with E-state index in [-0.39, 0.29) is 0 Å². The van der Waals surface area contributed by atoms with Crippen LogP contribution in [0.1, 0.15) is 24.4 Å². The van der Waals surface area contributed by atoms with E-state index in [0.29, 0.717) is 12.1 Å². The predicted octanol–water partition coefficient (Wildman–Crippen LogP) is 3.62. The SMILES string of the molecule is COc1ccccc1N(C)[C@@H]1CCCN[C@@H]1c1ccccc1. The number of nitrogens with one attached hydrogen (secondary N) is 1. The van der Waals surface area contributed by atoms with Gasteiger partial charge in [0.05, 0.1) is 18.8 Å². The molecular formula is C19H24N2O. The monoisotopic (exact) mass is 296 g/mol. The Morgan fingerprint density at radius 2 is 1.77 bits per heavy atom. The highest BCUT2D eigenvalue weighted by Crippen LogP contribution is 2.34. The maximum Gasteiger partial charge on any atom is 0.142 e. The fourth-order valence-electron chi connectivity index (χ4n) is 3.39. The average molecular weight is 296 g/mol. The van der Waals surface area contributed by atoms with E-state index >= 15 is 0 Å². The minimum absolute atomic E-state index is 0.352. The highest BCUT2D eigenvalue weighted by Gasteiger charge is 2.30. The number of benzene rings is 2. The van der Waals surface area contributed by atoms with Crippen LogP contribution in [0.3, 0.4) is 0 Å². The largest absolute Gasteiger partial charge is 0.495 e. The molecule has 2 atom stereocenters. The van der Waals surface area contributed by atoms with Gasteiger partial charge in [-0.2, -0.15) is 0 Å². The van der Waals surface area contributed by atoms with Gasteiger partial charge >= 0.3 is 0 Å². The van der Waals surface area contributed by atoms with E-state index in [1.807, 2.05) is 12.1 Å². The van der Waals surface area contributed by atoms with Gasteiger partial charge in [0.25, 0.3) is 0 Å². The van der Waals surface area contributed by atoms with E-state index in [0.717, 1.165) is 18.0 Å². The van der Waals surface area contributed by atoms with Gasteiger partial charge in [0.2, 0.25) is 0 Å². The first-order valence-electron chi connectivity index (χ1n) is 7.95. The first-order valence-corrected chi connectivity index (χ1v) is 7.95. The minimum atomic E-state index is 0.352. The lowest BCUT2D eigenvalue weighted by Crippen LogP contribution is -2.47. The van der Waals surface area contributed by atoms with E-state index in [1.165, 1.54) is 18.4 Å². The second-order valence-electron chi connectivity index (χ2n) is 5.83. The zero-order chi connectivity index (χ0) is 15.4. The van der Waals surface area contributed by atoms with Crippen LogP contribution in [0.2, 0.25) is 0 Å². The summed E-state index contributed by atoms with van der Waals surface area (Å²) >= 11 is 0. The highest BCUT2D eigenvalue weighted by atomic mass is 16.5. The number of hydrogen-bond acceptors (Lipinski definition) is 3. The van der Waals surface area contributed by atoms with Crippen LogP contribution < -0.4 is 15.0 Å². The second-order valence-corrected chi connectivity index (χ2v) is 5.83. The van der Waals surface area contributed by atoms with Gasteiger partial charge in [0.15, 0.2) is 0 Å². The molecule has 116 valence electrons. The Hall–Kier alpha value is -2.00. The average Bonchev–Trinajstić information content (AvgIpc) is 2.62. The normalized spacial score (nSPS) is 21.4. The number of hydrogen-bond donors (Lipinski definition) is 1. The molecule has 2 aromatic carbocycles. The molecule has 1 saturated heterocycles. The van der Waals surface area contributed by atoms with Crippen molar-refractivity contribution < 1.29 is 4.74 Å². The van der Waals surface area contributed by atoms with Gasteiger partial charge in [-0.05, 0) is 37.1 Å². The number of para-hydroxylation sites is 2. The van der Waals surface area contributed by atoms with Crippen LogP contribution in [0.4, 0.5) is 5.69 Å². The first-order chi connectivity index (χ1) is 10.8. The molecule has 0 unspecified atom stereocenters. The fourth-order valence-corrected chi connectivity index (χ4v) is 3.39. The summed E-state index contributed by atoms with van der Waals surface area (Å²) in [7, 11) is 3.91. The summed E-state index contributed by atoms with van der Waals surface area (Å²) in [6.45, 7) is 1.08. The number of methoxy groups -OCH3 is 1. The summed E-state index contributed by atoms with van der Waals surface area (Å²) < 4.78 is 5.54. The van der Waals surface area contributed by atoms with Crippen LogP contribution in [0.15, 0.2) is 54.6 Å². The minimum Gasteiger partial charge on any atom is -0.495 e. The van der Waals surface area contributed by atoms with Crippen molar-refractivity contribution in [2.45, 2.75) is 24.9 Å². The molecule has 1 heterocycles. The van der Waals surface area contributed by atoms with Gasteiger partial charge in [0.1, 0.15) is 5.75 Å². The Morgan fingerprint density at radius 1 is 1.05 bits per heavy atom. The van der Waals surface area contributed by atoms with Crippen LogP contribution >= 0.6 is 0 Å². The van der Waals surface area contributed by atoms with Crippen molar-refractivity contribution in [1.29, 1.82) is 0 Å². The third-order valence-electron chi connectivity index (χ3n) is 4.55. The molecule has 1 aliphatic rings. The zero-order valence-corrected chi connectivity index (χ0v) is 13.3. The van der Waals surface area contributed by atoms with Gasteiger partial charge in [-0.15, -0.1) is 0 Å². The maximum atomic E-state index is 5.54. The number of anilines is 1. The number of rotatable bonds is 4. The summed E-state index contributed by atoms with van der Waals surface area (Å²) in [5.74, 6) is 0.933. The Kier molecular flexibility index (Phi) is 4.64. The standard InChI is InChI=1S/C19H24N2O/c1-21(16-11-6-7-13-18(16)22-2)17-12-8-14-20-19(17)15-9-4-3-5-10-15/h3-7,9-11,13,17,19-20H,8,12,14H2,1-2H3/t17-,19-/m1/s1. The predicted molar refractivity (Wildman–Crippen MR) is 91.6 cm³/mol. The number of piperidine rings is 1. The van der Waals surface area contributed by atoms with Crippen molar-refractivity contribution >= 4 is 5.69 Å². The van der Waals surface area contributed by atoms with Crippen molar-refractivity contribution in [2.75, 3.05) is 25.6 Å². The first kappa shape index (κ1) is 14.9.